The molecule has 32 heavy (non-hydrogen) atoms. The van der Waals surface area contributed by atoms with Gasteiger partial charge in [-0.3, -0.25) is 9.38 Å². The van der Waals surface area contributed by atoms with Gasteiger partial charge in [0.15, 0.2) is 11.6 Å². The van der Waals surface area contributed by atoms with Gasteiger partial charge in [-0.15, -0.1) is 0 Å². The standard InChI is InChI=1S/C26H32F2N3O/c27-22-8-10-23(11-9-22)31(17-4-3-5-24(31)19-29)20-21-12-14-30(15-13-21)16-18-32-26-7-2-1-6-25(26)28/h1-11,21H,12-20,29H2/q+1/t31-/m0/s1. The van der Waals surface area contributed by atoms with E-state index in [-0.39, 0.29) is 11.6 Å². The van der Waals surface area contributed by atoms with E-state index < -0.39 is 0 Å². The lowest BCUT2D eigenvalue weighted by atomic mass is 9.93. The molecule has 0 unspecified atom stereocenters. The summed E-state index contributed by atoms with van der Waals surface area (Å²) in [5.41, 5.74) is 8.40. The lowest BCUT2D eigenvalue weighted by molar-refractivity contribution is 0.138. The average molecular weight is 441 g/mol. The van der Waals surface area contributed by atoms with E-state index in [1.165, 1.54) is 11.8 Å². The molecule has 2 heterocycles. The van der Waals surface area contributed by atoms with Gasteiger partial charge in [-0.05, 0) is 62.3 Å². The van der Waals surface area contributed by atoms with Crippen molar-refractivity contribution in [3.63, 3.8) is 0 Å². The maximum absolute atomic E-state index is 13.7. The van der Waals surface area contributed by atoms with Gasteiger partial charge in [0.2, 0.25) is 0 Å². The Balaban J connectivity index is 1.36. The zero-order valence-electron chi connectivity index (χ0n) is 18.4. The van der Waals surface area contributed by atoms with Crippen molar-refractivity contribution in [1.82, 2.24) is 9.38 Å². The third-order valence-electron chi connectivity index (χ3n) is 6.70. The summed E-state index contributed by atoms with van der Waals surface area (Å²) in [6, 6.07) is 13.4. The first-order valence-corrected chi connectivity index (χ1v) is 11.4. The minimum atomic E-state index is -0.319. The fourth-order valence-electron chi connectivity index (χ4n) is 4.90. The van der Waals surface area contributed by atoms with Crippen LogP contribution in [0.25, 0.3) is 0 Å². The van der Waals surface area contributed by atoms with Crippen molar-refractivity contribution in [1.29, 1.82) is 0 Å². The highest BCUT2D eigenvalue weighted by atomic mass is 19.1. The fraction of sp³-hybridized carbons (Fsp3) is 0.385. The Hall–Kier alpha value is -2.54. The Labute approximate surface area is 189 Å². The largest absolute Gasteiger partial charge is 0.489 e. The van der Waals surface area contributed by atoms with Crippen molar-refractivity contribution in [3.05, 3.63) is 84.1 Å². The van der Waals surface area contributed by atoms with Gasteiger partial charge >= 0.3 is 0 Å². The van der Waals surface area contributed by atoms with Crippen LogP contribution in [0.15, 0.2) is 72.5 Å². The zero-order valence-corrected chi connectivity index (χ0v) is 18.4. The number of likely N-dealkylation sites (tertiary alicyclic amines) is 1. The fourth-order valence-corrected chi connectivity index (χ4v) is 4.90. The number of benzene rings is 2. The summed E-state index contributed by atoms with van der Waals surface area (Å²) in [4.78, 5) is 2.38. The van der Waals surface area contributed by atoms with Crippen LogP contribution in [0.1, 0.15) is 12.8 Å². The number of rotatable bonds is 8. The first kappa shape index (κ1) is 22.6. The van der Waals surface area contributed by atoms with Crippen LogP contribution in [0.2, 0.25) is 0 Å². The van der Waals surface area contributed by atoms with Crippen LogP contribution in [0, 0.1) is 17.6 Å². The zero-order chi connectivity index (χ0) is 22.4. The van der Waals surface area contributed by atoms with Crippen LogP contribution in [-0.4, -0.2) is 50.8 Å². The first-order chi connectivity index (χ1) is 15.6. The van der Waals surface area contributed by atoms with Crippen LogP contribution < -0.4 is 15.0 Å². The van der Waals surface area contributed by atoms with Crippen LogP contribution in [0.4, 0.5) is 14.5 Å². The molecule has 0 amide bonds. The summed E-state index contributed by atoms with van der Waals surface area (Å²) in [7, 11) is 0. The van der Waals surface area contributed by atoms with E-state index in [4.69, 9.17) is 10.5 Å². The molecule has 1 saturated heterocycles. The van der Waals surface area contributed by atoms with Crippen LogP contribution >= 0.6 is 0 Å². The smallest absolute Gasteiger partial charge is 0.165 e. The van der Waals surface area contributed by atoms with Crippen LogP contribution in [0.5, 0.6) is 5.75 Å². The molecule has 2 aliphatic heterocycles. The molecule has 2 aromatic rings. The minimum Gasteiger partial charge on any atom is -0.489 e. The van der Waals surface area contributed by atoms with Gasteiger partial charge in [-0.2, -0.15) is 0 Å². The monoisotopic (exact) mass is 440 g/mol. The summed E-state index contributed by atoms with van der Waals surface area (Å²) >= 11 is 0. The summed E-state index contributed by atoms with van der Waals surface area (Å²) < 4.78 is 33.6. The predicted molar refractivity (Wildman–Crippen MR) is 125 cm³/mol. The molecule has 4 nitrogen and oxygen atoms in total. The van der Waals surface area contributed by atoms with E-state index in [2.05, 4.69) is 23.1 Å². The van der Waals surface area contributed by atoms with Gasteiger partial charge in [0.25, 0.3) is 0 Å². The summed E-state index contributed by atoms with van der Waals surface area (Å²) in [5.74, 6) is 0.321. The molecule has 2 aliphatic rings. The van der Waals surface area contributed by atoms with Crippen LogP contribution in [0.3, 0.4) is 0 Å². The number of nitrogens with two attached hydrogens (primary N) is 1. The van der Waals surface area contributed by atoms with Crippen molar-refractivity contribution < 1.29 is 13.5 Å². The maximum Gasteiger partial charge on any atom is 0.165 e. The number of hydrogen-bond acceptors (Lipinski definition) is 3. The third-order valence-corrected chi connectivity index (χ3v) is 6.70. The number of allylic oxidation sites excluding steroid dienone is 2. The Morgan fingerprint density at radius 1 is 1.03 bits per heavy atom. The molecule has 0 spiro atoms. The molecule has 2 aromatic carbocycles. The second-order valence-electron chi connectivity index (χ2n) is 8.66. The number of quaternary nitrogens is 1. The van der Waals surface area contributed by atoms with E-state index in [1.54, 1.807) is 30.3 Å². The maximum atomic E-state index is 13.7. The highest BCUT2D eigenvalue weighted by Gasteiger charge is 2.38. The summed E-state index contributed by atoms with van der Waals surface area (Å²) in [6.07, 6.45) is 8.53. The average Bonchev–Trinajstić information content (AvgIpc) is 2.82. The highest BCUT2D eigenvalue weighted by Crippen LogP contribution is 2.34. The van der Waals surface area contributed by atoms with E-state index in [1.807, 2.05) is 12.1 Å². The normalized spacial score (nSPS) is 22.0. The van der Waals surface area contributed by atoms with E-state index in [0.29, 0.717) is 29.3 Å². The quantitative estimate of drug-likeness (QED) is 0.616. The predicted octanol–water partition coefficient (Wildman–Crippen LogP) is 4.48. The first-order valence-electron chi connectivity index (χ1n) is 11.4. The molecule has 0 aromatic heterocycles. The Morgan fingerprint density at radius 2 is 1.78 bits per heavy atom. The number of hydrogen-bond donors (Lipinski definition) is 1. The number of para-hydroxylation sites is 1. The van der Waals surface area contributed by atoms with Gasteiger partial charge in [0, 0.05) is 24.6 Å². The number of piperidine rings is 1. The van der Waals surface area contributed by atoms with Crippen molar-refractivity contribution in [2.75, 3.05) is 45.9 Å². The lowest BCUT2D eigenvalue weighted by Crippen LogP contribution is -2.55. The molecule has 1 fully saturated rings. The molecular formula is C26H32F2N3O+. The molecule has 0 aliphatic carbocycles. The topological polar surface area (TPSA) is 38.5 Å². The summed E-state index contributed by atoms with van der Waals surface area (Å²) in [5, 5.41) is 0. The molecule has 0 bridgehead atoms. The Kier molecular flexibility index (Phi) is 7.35. The van der Waals surface area contributed by atoms with Gasteiger partial charge in [0.1, 0.15) is 30.4 Å². The number of nitrogens with zero attached hydrogens (tertiary/aromatic N) is 2. The molecule has 0 saturated carbocycles. The van der Waals surface area contributed by atoms with Gasteiger partial charge in [-0.1, -0.05) is 18.2 Å². The molecule has 6 heteroatoms. The molecule has 4 rings (SSSR count). The molecular weight excluding hydrogens is 408 g/mol. The molecule has 0 radical (unpaired) electrons. The van der Waals surface area contributed by atoms with E-state index in [9.17, 15) is 8.78 Å². The second kappa shape index (κ2) is 10.4. The van der Waals surface area contributed by atoms with Crippen molar-refractivity contribution in [3.8, 4) is 5.75 Å². The Morgan fingerprint density at radius 3 is 2.50 bits per heavy atom. The lowest BCUT2D eigenvalue weighted by Gasteiger charge is -2.43. The van der Waals surface area contributed by atoms with E-state index >= 15 is 0 Å². The molecule has 2 N–H and O–H groups in total. The molecule has 170 valence electrons. The van der Waals surface area contributed by atoms with Gasteiger partial charge in [0.05, 0.1) is 13.1 Å². The summed E-state index contributed by atoms with van der Waals surface area (Å²) in [6.45, 7) is 5.53. The van der Waals surface area contributed by atoms with Crippen molar-refractivity contribution in [2.24, 2.45) is 11.7 Å². The van der Waals surface area contributed by atoms with Gasteiger partial charge < -0.3 is 10.5 Å². The second-order valence-corrected chi connectivity index (χ2v) is 8.66. The number of ether oxygens (including phenoxy) is 1. The minimum absolute atomic E-state index is 0.219. The SMILES string of the molecule is NCC1=CC=CC[N@+]1(CC1CCN(CCOc2ccccc2F)CC1)c1ccc(F)cc1. The van der Waals surface area contributed by atoms with Gasteiger partial charge in [-0.25, -0.2) is 8.78 Å². The Bertz CT molecular complexity index is 952. The highest BCUT2D eigenvalue weighted by molar-refractivity contribution is 5.51. The molecule has 1 atom stereocenters. The van der Waals surface area contributed by atoms with Crippen LogP contribution in [-0.2, 0) is 0 Å². The van der Waals surface area contributed by atoms with Crippen molar-refractivity contribution >= 4 is 5.69 Å². The van der Waals surface area contributed by atoms with Crippen molar-refractivity contribution in [2.45, 2.75) is 12.8 Å². The third kappa shape index (κ3) is 5.09. The van der Waals surface area contributed by atoms with E-state index in [0.717, 1.165) is 51.3 Å². The number of halogens is 2.